The molecule has 2 aromatic carbocycles. The Hall–Kier alpha value is -3.40. The minimum absolute atomic E-state index is 0.177. The Kier molecular flexibility index (Phi) is 5.52. The molecule has 0 aliphatic heterocycles. The van der Waals surface area contributed by atoms with Gasteiger partial charge in [0.15, 0.2) is 5.69 Å². The van der Waals surface area contributed by atoms with Crippen molar-refractivity contribution in [1.29, 1.82) is 0 Å². The first-order chi connectivity index (χ1) is 15.6. The fraction of sp³-hybridized carbons (Fsp3) is 0.0455. The fourth-order valence-corrected chi connectivity index (χ4v) is 4.73. The van der Waals surface area contributed by atoms with E-state index in [-0.39, 0.29) is 11.2 Å². The van der Waals surface area contributed by atoms with E-state index in [0.717, 1.165) is 21.7 Å². The maximum atomic E-state index is 13.3. The van der Waals surface area contributed by atoms with E-state index in [9.17, 15) is 4.79 Å². The van der Waals surface area contributed by atoms with Crippen molar-refractivity contribution in [3.63, 3.8) is 0 Å². The zero-order valence-corrected chi connectivity index (χ0v) is 19.1. The Bertz CT molecular complexity index is 1450. The first-order valence-corrected chi connectivity index (χ1v) is 11.6. The highest BCUT2D eigenvalue weighted by Gasteiger charge is 2.19. The minimum Gasteiger partial charge on any atom is -0.286 e. The number of azo groups is 1. The molecule has 0 atom stereocenters. The second-order valence-electron chi connectivity index (χ2n) is 6.77. The van der Waals surface area contributed by atoms with E-state index in [1.54, 1.807) is 0 Å². The quantitative estimate of drug-likeness (QED) is 0.282. The number of H-pyrrole nitrogens is 1. The number of aromatic nitrogens is 4. The highest BCUT2D eigenvalue weighted by atomic mass is 35.5. The van der Waals surface area contributed by atoms with Crippen LogP contribution in [0.25, 0.3) is 27.6 Å². The van der Waals surface area contributed by atoms with Crippen LogP contribution in [0.5, 0.6) is 0 Å². The largest absolute Gasteiger partial charge is 0.301 e. The van der Waals surface area contributed by atoms with Crippen LogP contribution in [-0.4, -0.2) is 19.7 Å². The fourth-order valence-electron chi connectivity index (χ4n) is 3.07. The molecule has 3 aromatic heterocycles. The smallest absolute Gasteiger partial charge is 0.286 e. The summed E-state index contributed by atoms with van der Waals surface area (Å²) < 4.78 is 1.40. The summed E-state index contributed by atoms with van der Waals surface area (Å²) in [7, 11) is 0. The molecular formula is C22H15ClN6OS2. The summed E-state index contributed by atoms with van der Waals surface area (Å²) in [5, 5.41) is 14.8. The molecule has 1 N–H and O–H groups in total. The zero-order valence-electron chi connectivity index (χ0n) is 16.7. The molecule has 0 bridgehead atoms. The van der Waals surface area contributed by atoms with Gasteiger partial charge in [-0.25, -0.2) is 9.97 Å². The Morgan fingerprint density at radius 1 is 0.969 bits per heavy atom. The van der Waals surface area contributed by atoms with Crippen LogP contribution in [0, 0.1) is 6.92 Å². The summed E-state index contributed by atoms with van der Waals surface area (Å²) in [5.74, 6) is 0. The number of aryl methyl sites for hydroxylation is 1. The van der Waals surface area contributed by atoms with Gasteiger partial charge in [-0.1, -0.05) is 83.6 Å². The Labute approximate surface area is 195 Å². The van der Waals surface area contributed by atoms with Gasteiger partial charge in [0, 0.05) is 21.4 Å². The second kappa shape index (κ2) is 8.62. The highest BCUT2D eigenvalue weighted by Crippen LogP contribution is 2.32. The van der Waals surface area contributed by atoms with Crippen LogP contribution < -0.4 is 5.56 Å². The molecule has 0 amide bonds. The highest BCUT2D eigenvalue weighted by molar-refractivity contribution is 7.15. The number of nitrogens with zero attached hydrogens (tertiary/aromatic N) is 5. The Balaban J connectivity index is 1.60. The predicted molar refractivity (Wildman–Crippen MR) is 129 cm³/mol. The van der Waals surface area contributed by atoms with Gasteiger partial charge in [0.05, 0.1) is 11.4 Å². The van der Waals surface area contributed by atoms with Crippen molar-refractivity contribution in [1.82, 2.24) is 19.7 Å². The van der Waals surface area contributed by atoms with Crippen LogP contribution in [0.3, 0.4) is 0 Å². The summed E-state index contributed by atoms with van der Waals surface area (Å²) in [6.45, 7) is 1.85. The third kappa shape index (κ3) is 3.93. The molecule has 10 heteroatoms. The number of benzene rings is 2. The molecule has 0 unspecified atom stereocenters. The third-order valence-electron chi connectivity index (χ3n) is 4.65. The second-order valence-corrected chi connectivity index (χ2v) is 9.14. The van der Waals surface area contributed by atoms with Crippen molar-refractivity contribution in [3.05, 3.63) is 86.4 Å². The molecule has 5 aromatic rings. The van der Waals surface area contributed by atoms with Crippen molar-refractivity contribution in [2.24, 2.45) is 10.2 Å². The average molecular weight is 479 g/mol. The number of hydrogen-bond acceptors (Lipinski definition) is 7. The summed E-state index contributed by atoms with van der Waals surface area (Å²) in [6, 6.07) is 19.3. The van der Waals surface area contributed by atoms with Gasteiger partial charge in [0.1, 0.15) is 5.15 Å². The van der Waals surface area contributed by atoms with E-state index in [0.29, 0.717) is 21.1 Å². The lowest BCUT2D eigenvalue weighted by Crippen LogP contribution is -2.13. The van der Waals surface area contributed by atoms with Crippen molar-refractivity contribution in [2.75, 3.05) is 0 Å². The number of halogens is 1. The zero-order chi connectivity index (χ0) is 22.1. The number of nitrogens with one attached hydrogen (secondary N) is 1. The first-order valence-electron chi connectivity index (χ1n) is 9.56. The molecule has 0 aliphatic carbocycles. The maximum Gasteiger partial charge on any atom is 0.301 e. The molecule has 158 valence electrons. The average Bonchev–Trinajstić information content (AvgIpc) is 3.51. The summed E-state index contributed by atoms with van der Waals surface area (Å²) >= 11 is 8.71. The summed E-state index contributed by atoms with van der Waals surface area (Å²) in [5.41, 5.74) is 2.97. The van der Waals surface area contributed by atoms with Crippen molar-refractivity contribution in [3.8, 4) is 27.6 Å². The monoisotopic (exact) mass is 478 g/mol. The molecule has 0 saturated carbocycles. The number of hydrogen-bond donors (Lipinski definition) is 1. The first kappa shape index (κ1) is 20.5. The molecule has 0 saturated heterocycles. The van der Waals surface area contributed by atoms with Gasteiger partial charge >= 0.3 is 5.56 Å². The van der Waals surface area contributed by atoms with Crippen molar-refractivity contribution < 1.29 is 0 Å². The minimum atomic E-state index is -0.346. The summed E-state index contributed by atoms with van der Waals surface area (Å²) in [6.07, 6.45) is 0. The number of thiazole rings is 2. The molecule has 32 heavy (non-hydrogen) atoms. The lowest BCUT2D eigenvalue weighted by Gasteiger charge is -1.98. The van der Waals surface area contributed by atoms with Gasteiger partial charge in [0.25, 0.3) is 0 Å². The van der Waals surface area contributed by atoms with Crippen LogP contribution in [0.15, 0.2) is 81.1 Å². The normalized spacial score (nSPS) is 11.4. The molecule has 0 spiro atoms. The number of aromatic amines is 1. The van der Waals surface area contributed by atoms with Crippen LogP contribution in [-0.2, 0) is 0 Å². The van der Waals surface area contributed by atoms with Crippen LogP contribution >= 0.6 is 34.3 Å². The molecule has 0 fully saturated rings. The lowest BCUT2D eigenvalue weighted by molar-refractivity contribution is 0.843. The third-order valence-corrected chi connectivity index (χ3v) is 6.81. The molecule has 5 rings (SSSR count). The maximum absolute atomic E-state index is 13.3. The van der Waals surface area contributed by atoms with Crippen LogP contribution in [0.1, 0.15) is 4.88 Å². The summed E-state index contributed by atoms with van der Waals surface area (Å²) in [4.78, 5) is 22.9. The molecule has 0 radical (unpaired) electrons. The van der Waals surface area contributed by atoms with Gasteiger partial charge in [-0.05, 0) is 6.92 Å². The van der Waals surface area contributed by atoms with Crippen molar-refractivity contribution in [2.45, 2.75) is 6.92 Å². The predicted octanol–water partition coefficient (Wildman–Crippen LogP) is 6.79. The standard InChI is InChI=1S/C22H15ClN6OS2/c1-13-19(23)25-21(32-13)27-26-18-17(15-10-6-3-7-11-15)28-29(20(18)30)22-24-16(12-31-22)14-8-4-2-5-9-14/h2-12,28H,1H3. The van der Waals surface area contributed by atoms with Gasteiger partial charge < -0.3 is 0 Å². The molecular weight excluding hydrogens is 464 g/mol. The van der Waals surface area contributed by atoms with E-state index in [1.807, 2.05) is 73.0 Å². The van der Waals surface area contributed by atoms with E-state index in [1.165, 1.54) is 27.4 Å². The van der Waals surface area contributed by atoms with Crippen LogP contribution in [0.4, 0.5) is 10.8 Å². The van der Waals surface area contributed by atoms with E-state index in [4.69, 9.17) is 11.6 Å². The molecule has 7 nitrogen and oxygen atoms in total. The molecule has 0 aliphatic rings. The lowest BCUT2D eigenvalue weighted by atomic mass is 10.1. The van der Waals surface area contributed by atoms with Crippen LogP contribution in [0.2, 0.25) is 5.15 Å². The Morgan fingerprint density at radius 3 is 2.31 bits per heavy atom. The van der Waals surface area contributed by atoms with E-state index >= 15 is 0 Å². The van der Waals surface area contributed by atoms with Gasteiger partial charge in [0.2, 0.25) is 10.3 Å². The Morgan fingerprint density at radius 2 is 1.66 bits per heavy atom. The molecule has 3 heterocycles. The topological polar surface area (TPSA) is 88.3 Å². The van der Waals surface area contributed by atoms with Gasteiger partial charge in [-0.15, -0.1) is 21.6 Å². The SMILES string of the molecule is Cc1sc(N=Nc2c(-c3ccccc3)[nH]n(-c3nc(-c4ccccc4)cs3)c2=O)nc1Cl. The van der Waals surface area contributed by atoms with Gasteiger partial charge in [-0.2, -0.15) is 4.68 Å². The number of rotatable bonds is 5. The van der Waals surface area contributed by atoms with E-state index < -0.39 is 0 Å². The van der Waals surface area contributed by atoms with E-state index in [2.05, 4.69) is 25.3 Å². The van der Waals surface area contributed by atoms with Crippen molar-refractivity contribution >= 4 is 45.1 Å². The van der Waals surface area contributed by atoms with Gasteiger partial charge in [-0.3, -0.25) is 9.89 Å².